The summed E-state index contributed by atoms with van der Waals surface area (Å²) in [6.45, 7) is 4.08. The first kappa shape index (κ1) is 12.2. The standard InChI is InChI=1S/C12H19NOS/c1-3-4-5-9-15(14)12-8-6-7-11(13)10(12)2/h6-8H,3-5,9,13H2,1-2H3. The Balaban J connectivity index is 2.69. The Labute approximate surface area is 94.3 Å². The average Bonchev–Trinajstić information content (AvgIpc) is 2.22. The molecule has 84 valence electrons. The molecular weight excluding hydrogens is 206 g/mol. The van der Waals surface area contributed by atoms with Gasteiger partial charge in [-0.3, -0.25) is 4.21 Å². The molecule has 1 aromatic rings. The van der Waals surface area contributed by atoms with Crippen molar-refractivity contribution in [3.8, 4) is 0 Å². The van der Waals surface area contributed by atoms with Gasteiger partial charge in [0.15, 0.2) is 0 Å². The maximum Gasteiger partial charge on any atom is 0.0532 e. The minimum absolute atomic E-state index is 0.733. The molecule has 15 heavy (non-hydrogen) atoms. The Morgan fingerprint density at radius 2 is 2.07 bits per heavy atom. The van der Waals surface area contributed by atoms with E-state index in [0.29, 0.717) is 0 Å². The zero-order chi connectivity index (χ0) is 11.3. The van der Waals surface area contributed by atoms with Gasteiger partial charge in [-0.2, -0.15) is 0 Å². The lowest BCUT2D eigenvalue weighted by molar-refractivity contribution is 0.676. The topological polar surface area (TPSA) is 43.1 Å². The molecular formula is C12H19NOS. The molecule has 0 spiro atoms. The first-order valence-electron chi connectivity index (χ1n) is 5.40. The van der Waals surface area contributed by atoms with Crippen LogP contribution < -0.4 is 5.73 Å². The minimum Gasteiger partial charge on any atom is -0.398 e. The highest BCUT2D eigenvalue weighted by atomic mass is 32.2. The summed E-state index contributed by atoms with van der Waals surface area (Å²) in [6.07, 6.45) is 3.33. The van der Waals surface area contributed by atoms with Crippen LogP contribution in [-0.4, -0.2) is 9.96 Å². The van der Waals surface area contributed by atoms with Gasteiger partial charge >= 0.3 is 0 Å². The van der Waals surface area contributed by atoms with Crippen LogP contribution in [0.4, 0.5) is 5.69 Å². The summed E-state index contributed by atoms with van der Waals surface area (Å²) >= 11 is 0. The molecule has 1 aromatic carbocycles. The molecule has 0 amide bonds. The van der Waals surface area contributed by atoms with Gasteiger partial charge in [0.25, 0.3) is 0 Å². The predicted octanol–water partition coefficient (Wildman–Crippen LogP) is 2.88. The Morgan fingerprint density at radius 3 is 2.73 bits per heavy atom. The summed E-state index contributed by atoms with van der Waals surface area (Å²) in [7, 11) is -0.887. The second kappa shape index (κ2) is 5.91. The molecule has 1 unspecified atom stereocenters. The number of unbranched alkanes of at least 4 members (excludes halogenated alkanes) is 2. The third-order valence-corrected chi connectivity index (χ3v) is 4.10. The molecule has 0 aliphatic heterocycles. The van der Waals surface area contributed by atoms with Crippen molar-refractivity contribution in [3.63, 3.8) is 0 Å². The first-order chi connectivity index (χ1) is 7.16. The summed E-state index contributed by atoms with van der Waals surface area (Å²) in [4.78, 5) is 0.895. The normalized spacial score (nSPS) is 12.7. The van der Waals surface area contributed by atoms with Gasteiger partial charge in [0.05, 0.1) is 10.8 Å². The fourth-order valence-electron chi connectivity index (χ4n) is 1.47. The molecule has 1 rings (SSSR count). The van der Waals surface area contributed by atoms with Gasteiger partial charge in [-0.05, 0) is 31.0 Å². The molecule has 0 fully saturated rings. The molecule has 0 saturated carbocycles. The van der Waals surface area contributed by atoms with Crippen molar-refractivity contribution in [1.29, 1.82) is 0 Å². The third-order valence-electron chi connectivity index (χ3n) is 2.50. The predicted molar refractivity (Wildman–Crippen MR) is 66.4 cm³/mol. The van der Waals surface area contributed by atoms with Crippen LogP contribution >= 0.6 is 0 Å². The second-order valence-corrected chi connectivity index (χ2v) is 5.27. The number of nitrogens with two attached hydrogens (primary N) is 1. The Hall–Kier alpha value is -0.830. The molecule has 2 nitrogen and oxygen atoms in total. The van der Waals surface area contributed by atoms with Crippen molar-refractivity contribution in [3.05, 3.63) is 23.8 Å². The highest BCUT2D eigenvalue weighted by Gasteiger charge is 2.08. The second-order valence-electron chi connectivity index (χ2n) is 3.73. The molecule has 0 aliphatic rings. The average molecular weight is 225 g/mol. The molecule has 3 heteroatoms. The third kappa shape index (κ3) is 3.34. The van der Waals surface area contributed by atoms with Crippen LogP contribution in [-0.2, 0) is 10.8 Å². The van der Waals surface area contributed by atoms with Crippen molar-refractivity contribution in [2.24, 2.45) is 0 Å². The molecule has 0 aliphatic carbocycles. The van der Waals surface area contributed by atoms with Crippen LogP contribution in [0.15, 0.2) is 23.1 Å². The van der Waals surface area contributed by atoms with Crippen LogP contribution in [0.1, 0.15) is 31.7 Å². The number of hydrogen-bond donors (Lipinski definition) is 1. The summed E-state index contributed by atoms with van der Waals surface area (Å²) in [5.41, 5.74) is 7.48. The van der Waals surface area contributed by atoms with Crippen LogP contribution in [0.3, 0.4) is 0 Å². The molecule has 0 aromatic heterocycles. The fraction of sp³-hybridized carbons (Fsp3) is 0.500. The number of rotatable bonds is 5. The van der Waals surface area contributed by atoms with Crippen LogP contribution in [0.2, 0.25) is 0 Å². The van der Waals surface area contributed by atoms with E-state index in [-0.39, 0.29) is 0 Å². The number of hydrogen-bond acceptors (Lipinski definition) is 2. The Morgan fingerprint density at radius 1 is 1.33 bits per heavy atom. The van der Waals surface area contributed by atoms with Crippen LogP contribution in [0, 0.1) is 6.92 Å². The zero-order valence-electron chi connectivity index (χ0n) is 9.45. The number of nitrogen functional groups attached to an aromatic ring is 1. The van der Waals surface area contributed by atoms with Gasteiger partial charge in [0.2, 0.25) is 0 Å². The van der Waals surface area contributed by atoms with Gasteiger partial charge in [-0.1, -0.05) is 25.8 Å². The smallest absolute Gasteiger partial charge is 0.0532 e. The first-order valence-corrected chi connectivity index (χ1v) is 6.72. The Bertz CT molecular complexity index is 349. The lowest BCUT2D eigenvalue weighted by atomic mass is 10.2. The van der Waals surface area contributed by atoms with Gasteiger partial charge in [-0.25, -0.2) is 0 Å². The summed E-state index contributed by atoms with van der Waals surface area (Å²) in [5, 5.41) is 0. The van der Waals surface area contributed by atoms with E-state index in [4.69, 9.17) is 5.73 Å². The van der Waals surface area contributed by atoms with E-state index in [0.717, 1.165) is 41.2 Å². The molecule has 0 radical (unpaired) electrons. The van der Waals surface area contributed by atoms with Crippen LogP contribution in [0.25, 0.3) is 0 Å². The van der Waals surface area contributed by atoms with Gasteiger partial charge in [-0.15, -0.1) is 0 Å². The minimum atomic E-state index is -0.887. The van der Waals surface area contributed by atoms with Crippen molar-refractivity contribution in [1.82, 2.24) is 0 Å². The van der Waals surface area contributed by atoms with E-state index in [9.17, 15) is 4.21 Å². The zero-order valence-corrected chi connectivity index (χ0v) is 10.3. The van der Waals surface area contributed by atoms with E-state index in [1.807, 2.05) is 25.1 Å². The largest absolute Gasteiger partial charge is 0.398 e. The maximum absolute atomic E-state index is 11.9. The molecule has 2 N–H and O–H groups in total. The van der Waals surface area contributed by atoms with Gasteiger partial charge in [0, 0.05) is 16.3 Å². The van der Waals surface area contributed by atoms with E-state index < -0.39 is 10.8 Å². The monoisotopic (exact) mass is 225 g/mol. The highest BCUT2D eigenvalue weighted by molar-refractivity contribution is 7.85. The van der Waals surface area contributed by atoms with Gasteiger partial charge < -0.3 is 5.73 Å². The summed E-state index contributed by atoms with van der Waals surface area (Å²) in [5.74, 6) is 0.748. The quantitative estimate of drug-likeness (QED) is 0.618. The van der Waals surface area contributed by atoms with Crippen molar-refractivity contribution in [2.75, 3.05) is 11.5 Å². The Kier molecular flexibility index (Phi) is 4.82. The van der Waals surface area contributed by atoms with Crippen molar-refractivity contribution < 1.29 is 4.21 Å². The number of benzene rings is 1. The molecule has 0 heterocycles. The maximum atomic E-state index is 11.9. The fourth-order valence-corrected chi connectivity index (χ4v) is 2.85. The molecule has 0 bridgehead atoms. The summed E-state index contributed by atoms with van der Waals surface area (Å²) in [6, 6.07) is 5.63. The van der Waals surface area contributed by atoms with Crippen molar-refractivity contribution in [2.45, 2.75) is 38.0 Å². The van der Waals surface area contributed by atoms with Crippen LogP contribution in [0.5, 0.6) is 0 Å². The van der Waals surface area contributed by atoms with E-state index >= 15 is 0 Å². The highest BCUT2D eigenvalue weighted by Crippen LogP contribution is 2.19. The lowest BCUT2D eigenvalue weighted by Gasteiger charge is -2.07. The lowest BCUT2D eigenvalue weighted by Crippen LogP contribution is -2.02. The van der Waals surface area contributed by atoms with Gasteiger partial charge in [0.1, 0.15) is 0 Å². The molecule has 0 saturated heterocycles. The van der Waals surface area contributed by atoms with Crippen molar-refractivity contribution >= 4 is 16.5 Å². The SMILES string of the molecule is CCCCCS(=O)c1cccc(N)c1C. The summed E-state index contributed by atoms with van der Waals surface area (Å²) < 4.78 is 11.9. The van der Waals surface area contributed by atoms with E-state index in [1.54, 1.807) is 0 Å². The van der Waals surface area contributed by atoms with E-state index in [2.05, 4.69) is 6.92 Å². The number of anilines is 1. The molecule has 1 atom stereocenters. The van der Waals surface area contributed by atoms with E-state index in [1.165, 1.54) is 0 Å².